The molecular weight excluding hydrogens is 214 g/mol. The van der Waals surface area contributed by atoms with Crippen molar-refractivity contribution < 1.29 is 14.7 Å². The average molecular weight is 231 g/mol. The molecule has 15 heavy (non-hydrogen) atoms. The summed E-state index contributed by atoms with van der Waals surface area (Å²) in [6.45, 7) is 4.29. The monoisotopic (exact) mass is 231 g/mol. The lowest BCUT2D eigenvalue weighted by Gasteiger charge is -2.24. The van der Waals surface area contributed by atoms with Crippen molar-refractivity contribution in [3.63, 3.8) is 0 Å². The molecule has 1 aliphatic rings. The second-order valence-corrected chi connectivity index (χ2v) is 4.63. The number of likely N-dealkylation sites (tertiary alicyclic amines) is 1. The quantitative estimate of drug-likeness (QED) is 0.709. The van der Waals surface area contributed by atoms with Gasteiger partial charge in [0.25, 0.3) is 0 Å². The van der Waals surface area contributed by atoms with E-state index in [1.807, 2.05) is 6.92 Å². The summed E-state index contributed by atoms with van der Waals surface area (Å²) >= 11 is 4.06. The summed E-state index contributed by atoms with van der Waals surface area (Å²) in [6.07, 6.45) is 0.556. The van der Waals surface area contributed by atoms with Crippen molar-refractivity contribution in [1.29, 1.82) is 0 Å². The highest BCUT2D eigenvalue weighted by Crippen LogP contribution is 2.24. The van der Waals surface area contributed by atoms with Crippen LogP contribution in [0.4, 0.5) is 0 Å². The lowest BCUT2D eigenvalue weighted by molar-refractivity contribution is -0.149. The molecule has 1 amide bonds. The number of carbonyl (C=O) groups is 2. The lowest BCUT2D eigenvalue weighted by atomic mass is 10.1. The minimum Gasteiger partial charge on any atom is -0.480 e. The normalized spacial score (nSPS) is 27.8. The average Bonchev–Trinajstić information content (AvgIpc) is 2.58. The molecule has 0 radical (unpaired) electrons. The van der Waals surface area contributed by atoms with E-state index < -0.39 is 12.0 Å². The Hall–Kier alpha value is -0.710. The third kappa shape index (κ3) is 2.65. The van der Waals surface area contributed by atoms with Crippen molar-refractivity contribution in [2.45, 2.75) is 26.3 Å². The highest BCUT2D eigenvalue weighted by atomic mass is 32.1. The van der Waals surface area contributed by atoms with E-state index in [9.17, 15) is 9.59 Å². The summed E-state index contributed by atoms with van der Waals surface area (Å²) < 4.78 is 0. The van der Waals surface area contributed by atoms with Crippen LogP contribution >= 0.6 is 12.6 Å². The molecule has 4 nitrogen and oxygen atoms in total. The van der Waals surface area contributed by atoms with Crippen molar-refractivity contribution in [3.8, 4) is 0 Å². The number of carboxylic acid groups (broad SMARTS) is 1. The SMILES string of the molecule is C[C@H]1C[C@@H](C(=O)O)N(C(=O)[C@H](C)CS)C1. The second kappa shape index (κ2) is 4.88. The van der Waals surface area contributed by atoms with Gasteiger partial charge in [0.2, 0.25) is 5.91 Å². The maximum absolute atomic E-state index is 11.9. The van der Waals surface area contributed by atoms with E-state index in [0.29, 0.717) is 18.7 Å². The largest absolute Gasteiger partial charge is 0.480 e. The first kappa shape index (κ1) is 12.4. The van der Waals surface area contributed by atoms with Crippen molar-refractivity contribution >= 4 is 24.5 Å². The zero-order valence-electron chi connectivity index (χ0n) is 9.01. The number of amides is 1. The molecule has 1 heterocycles. The molecule has 1 N–H and O–H groups in total. The third-order valence-corrected chi connectivity index (χ3v) is 3.32. The lowest BCUT2D eigenvalue weighted by Crippen LogP contribution is -2.43. The van der Waals surface area contributed by atoms with Gasteiger partial charge in [-0.2, -0.15) is 12.6 Å². The maximum Gasteiger partial charge on any atom is 0.326 e. The molecule has 5 heteroatoms. The number of hydrogen-bond acceptors (Lipinski definition) is 3. The Balaban J connectivity index is 2.75. The van der Waals surface area contributed by atoms with E-state index in [0.717, 1.165) is 0 Å². The van der Waals surface area contributed by atoms with Gasteiger partial charge in [-0.25, -0.2) is 4.79 Å². The summed E-state index contributed by atoms with van der Waals surface area (Å²) in [7, 11) is 0. The smallest absolute Gasteiger partial charge is 0.326 e. The fourth-order valence-corrected chi connectivity index (χ4v) is 2.04. The van der Waals surface area contributed by atoms with Gasteiger partial charge < -0.3 is 10.0 Å². The topological polar surface area (TPSA) is 57.6 Å². The summed E-state index contributed by atoms with van der Waals surface area (Å²) in [5.41, 5.74) is 0. The standard InChI is InChI=1S/C10H17NO3S/c1-6-3-8(10(13)14)11(4-6)9(12)7(2)5-15/h6-8,15H,3-5H2,1-2H3,(H,13,14)/t6-,7+,8-/m0/s1. The van der Waals surface area contributed by atoms with Crippen LogP contribution in [0.3, 0.4) is 0 Å². The third-order valence-electron chi connectivity index (χ3n) is 2.77. The number of nitrogens with zero attached hydrogens (tertiary/aromatic N) is 1. The van der Waals surface area contributed by atoms with Gasteiger partial charge >= 0.3 is 5.97 Å². The predicted molar refractivity (Wildman–Crippen MR) is 59.9 cm³/mol. The van der Waals surface area contributed by atoms with Gasteiger partial charge in [0.1, 0.15) is 6.04 Å². The van der Waals surface area contributed by atoms with Gasteiger partial charge in [-0.1, -0.05) is 13.8 Å². The first-order valence-electron chi connectivity index (χ1n) is 5.11. The predicted octanol–water partition coefficient (Wildman–Crippen LogP) is 0.874. The Morgan fingerprint density at radius 1 is 1.60 bits per heavy atom. The Morgan fingerprint density at radius 3 is 2.67 bits per heavy atom. The number of rotatable bonds is 3. The minimum atomic E-state index is -0.904. The van der Waals surface area contributed by atoms with Crippen molar-refractivity contribution in [3.05, 3.63) is 0 Å². The van der Waals surface area contributed by atoms with Crippen molar-refractivity contribution in [1.82, 2.24) is 4.90 Å². The van der Waals surface area contributed by atoms with Gasteiger partial charge in [0.05, 0.1) is 0 Å². The highest BCUT2D eigenvalue weighted by molar-refractivity contribution is 7.80. The van der Waals surface area contributed by atoms with Gasteiger partial charge in [0, 0.05) is 18.2 Å². The molecule has 0 spiro atoms. The van der Waals surface area contributed by atoms with Gasteiger partial charge in [-0.3, -0.25) is 4.79 Å². The first-order chi connectivity index (χ1) is 6.97. The Labute approximate surface area is 95.1 Å². The Bertz CT molecular complexity index is 269. The summed E-state index contributed by atoms with van der Waals surface area (Å²) in [5, 5.41) is 8.99. The van der Waals surface area contributed by atoms with Crippen LogP contribution in [0.1, 0.15) is 20.3 Å². The van der Waals surface area contributed by atoms with E-state index in [1.165, 1.54) is 4.90 Å². The molecule has 1 saturated heterocycles. The zero-order chi connectivity index (χ0) is 11.6. The second-order valence-electron chi connectivity index (χ2n) is 4.27. The number of carboxylic acids is 1. The summed E-state index contributed by atoms with van der Waals surface area (Å²) in [4.78, 5) is 24.3. The van der Waals surface area contributed by atoms with Crippen molar-refractivity contribution in [2.75, 3.05) is 12.3 Å². The molecule has 86 valence electrons. The zero-order valence-corrected chi connectivity index (χ0v) is 9.91. The van der Waals surface area contributed by atoms with Crippen LogP contribution in [0.2, 0.25) is 0 Å². The van der Waals surface area contributed by atoms with Crippen LogP contribution in [0, 0.1) is 11.8 Å². The molecule has 0 aromatic rings. The molecule has 1 aliphatic heterocycles. The molecule has 0 aromatic carbocycles. The van der Waals surface area contributed by atoms with E-state index in [2.05, 4.69) is 12.6 Å². The van der Waals surface area contributed by atoms with Crippen LogP contribution in [0.25, 0.3) is 0 Å². The van der Waals surface area contributed by atoms with Crippen LogP contribution in [-0.2, 0) is 9.59 Å². The molecule has 0 bridgehead atoms. The molecule has 0 unspecified atom stereocenters. The molecule has 1 rings (SSSR count). The first-order valence-corrected chi connectivity index (χ1v) is 5.74. The van der Waals surface area contributed by atoms with E-state index >= 15 is 0 Å². The Morgan fingerprint density at radius 2 is 2.20 bits per heavy atom. The van der Waals surface area contributed by atoms with Crippen LogP contribution in [0.15, 0.2) is 0 Å². The van der Waals surface area contributed by atoms with Gasteiger partial charge in [0.15, 0.2) is 0 Å². The van der Waals surface area contributed by atoms with Crippen LogP contribution in [-0.4, -0.2) is 40.2 Å². The highest BCUT2D eigenvalue weighted by Gasteiger charge is 2.38. The number of carbonyl (C=O) groups excluding carboxylic acids is 1. The molecule has 0 aliphatic carbocycles. The van der Waals surface area contributed by atoms with Crippen molar-refractivity contribution in [2.24, 2.45) is 11.8 Å². The molecular formula is C10H17NO3S. The summed E-state index contributed by atoms with van der Waals surface area (Å²) in [5.74, 6) is -0.487. The number of hydrogen-bond donors (Lipinski definition) is 2. The minimum absolute atomic E-state index is 0.0956. The van der Waals surface area contributed by atoms with Gasteiger partial charge in [-0.05, 0) is 12.3 Å². The van der Waals surface area contributed by atoms with E-state index in [4.69, 9.17) is 5.11 Å². The number of thiol groups is 1. The molecule has 0 saturated carbocycles. The molecule has 1 fully saturated rings. The number of aliphatic carboxylic acids is 1. The fourth-order valence-electron chi connectivity index (χ4n) is 1.88. The molecule has 3 atom stereocenters. The summed E-state index contributed by atoms with van der Waals surface area (Å²) in [6, 6.07) is -0.644. The van der Waals surface area contributed by atoms with Crippen LogP contribution in [0.5, 0.6) is 0 Å². The van der Waals surface area contributed by atoms with E-state index in [1.54, 1.807) is 6.92 Å². The molecule has 0 aromatic heterocycles. The fraction of sp³-hybridized carbons (Fsp3) is 0.800. The van der Waals surface area contributed by atoms with Crippen LogP contribution < -0.4 is 0 Å². The van der Waals surface area contributed by atoms with Gasteiger partial charge in [-0.15, -0.1) is 0 Å². The Kier molecular flexibility index (Phi) is 4.02. The van der Waals surface area contributed by atoms with E-state index in [-0.39, 0.29) is 17.7 Å². The maximum atomic E-state index is 11.9.